The molecule has 0 saturated heterocycles. The number of hydrogen-bond acceptors (Lipinski definition) is 0. The molecule has 3 aromatic heterocycles. The van der Waals surface area contributed by atoms with Gasteiger partial charge in [0.2, 0.25) is 0 Å². The van der Waals surface area contributed by atoms with Crippen LogP contribution in [0.3, 0.4) is 0 Å². The summed E-state index contributed by atoms with van der Waals surface area (Å²) in [5.74, 6) is 0. The quantitative estimate of drug-likeness (QED) is 0.343. The fourth-order valence-corrected chi connectivity index (χ4v) is 4.05. The van der Waals surface area contributed by atoms with E-state index in [1.165, 1.54) is 43.9 Å². The van der Waals surface area contributed by atoms with Crippen molar-refractivity contribution in [3.63, 3.8) is 0 Å². The van der Waals surface area contributed by atoms with E-state index in [4.69, 9.17) is 0 Å². The van der Waals surface area contributed by atoms with Crippen LogP contribution in [0.1, 0.15) is 0 Å². The molecule has 0 unspecified atom stereocenters. The molecule has 24 heavy (non-hydrogen) atoms. The number of rotatable bonds is 0. The third kappa shape index (κ3) is 1.36. The van der Waals surface area contributed by atoms with Gasteiger partial charge in [-0.15, -0.1) is 0 Å². The van der Waals surface area contributed by atoms with E-state index in [1.807, 2.05) is 0 Å². The molecule has 0 aliphatic heterocycles. The van der Waals surface area contributed by atoms with Crippen molar-refractivity contribution in [2.24, 2.45) is 0 Å². The third-order valence-electron chi connectivity index (χ3n) is 5.05. The second-order valence-electron chi connectivity index (χ2n) is 6.34. The Morgan fingerprint density at radius 1 is 0.375 bits per heavy atom. The summed E-state index contributed by atoms with van der Waals surface area (Å²) in [6.07, 6.45) is 0. The molecule has 0 atom stereocenters. The minimum atomic E-state index is 1.24. The summed E-state index contributed by atoms with van der Waals surface area (Å²) in [5, 5.41) is 2.56. The highest BCUT2D eigenvalue weighted by molar-refractivity contribution is 6.04. The van der Waals surface area contributed by atoms with Crippen molar-refractivity contribution in [3.05, 3.63) is 84.9 Å². The molecule has 0 fully saturated rings. The number of hydrogen-bond donors (Lipinski definition) is 0. The molecule has 0 amide bonds. The molecule has 3 heterocycles. The summed E-state index contributed by atoms with van der Waals surface area (Å²) in [5.41, 5.74) is 7.51. The fraction of sp³-hybridized carbons (Fsp3) is 0. The van der Waals surface area contributed by atoms with Crippen molar-refractivity contribution in [1.29, 1.82) is 0 Å². The Morgan fingerprint density at radius 3 is 1.21 bits per heavy atom. The largest absolute Gasteiger partial charge is 0.306 e. The van der Waals surface area contributed by atoms with E-state index in [-0.39, 0.29) is 0 Å². The van der Waals surface area contributed by atoms with Crippen LogP contribution in [0.2, 0.25) is 0 Å². The summed E-state index contributed by atoms with van der Waals surface area (Å²) in [6.45, 7) is 0. The predicted molar refractivity (Wildman–Crippen MR) is 101 cm³/mol. The normalized spacial score (nSPS) is 12.2. The second kappa shape index (κ2) is 4.18. The van der Waals surface area contributed by atoms with Crippen molar-refractivity contribution in [2.45, 2.75) is 0 Å². The minimum Gasteiger partial charge on any atom is -0.306 e. The van der Waals surface area contributed by atoms with Crippen LogP contribution in [0.15, 0.2) is 84.9 Å². The van der Waals surface area contributed by atoms with E-state index in [1.54, 1.807) is 0 Å². The van der Waals surface area contributed by atoms with Gasteiger partial charge in [-0.3, -0.25) is 0 Å². The first-order valence-electron chi connectivity index (χ1n) is 8.23. The van der Waals surface area contributed by atoms with Gasteiger partial charge in [0.1, 0.15) is 0 Å². The van der Waals surface area contributed by atoms with Crippen LogP contribution in [0, 0.1) is 0 Å². The molecule has 0 N–H and O–H groups in total. The van der Waals surface area contributed by atoms with Gasteiger partial charge in [0.15, 0.2) is 0 Å². The maximum absolute atomic E-state index is 2.39. The van der Waals surface area contributed by atoms with E-state index >= 15 is 0 Å². The Bertz CT molecular complexity index is 1290. The molecule has 0 aliphatic carbocycles. The van der Waals surface area contributed by atoms with Crippen LogP contribution >= 0.6 is 0 Å². The molecule has 0 saturated carbocycles. The van der Waals surface area contributed by atoms with Gasteiger partial charge >= 0.3 is 0 Å². The zero-order valence-electron chi connectivity index (χ0n) is 13.0. The van der Waals surface area contributed by atoms with Crippen LogP contribution < -0.4 is 0 Å². The van der Waals surface area contributed by atoms with Gasteiger partial charge in [0.05, 0.1) is 33.1 Å². The van der Waals surface area contributed by atoms with Gasteiger partial charge < -0.3 is 8.80 Å². The molecule has 0 radical (unpaired) electrons. The van der Waals surface area contributed by atoms with Crippen molar-refractivity contribution in [1.82, 2.24) is 8.80 Å². The van der Waals surface area contributed by atoms with Gasteiger partial charge in [0.25, 0.3) is 0 Å². The fourth-order valence-electron chi connectivity index (χ4n) is 4.05. The van der Waals surface area contributed by atoms with Crippen molar-refractivity contribution < 1.29 is 0 Å². The SMILES string of the molecule is c1ccc2c(c1)cc1c3cc4ccccc4n3c3ccccc3n21. The molecule has 6 rings (SSSR count). The zero-order valence-corrected chi connectivity index (χ0v) is 13.0. The predicted octanol–water partition coefficient (Wildman–Crippen LogP) is 5.65. The van der Waals surface area contributed by atoms with E-state index in [0.717, 1.165) is 0 Å². The van der Waals surface area contributed by atoms with Crippen molar-refractivity contribution >= 4 is 43.9 Å². The number of benzene rings is 3. The Balaban J connectivity index is 2.07. The lowest BCUT2D eigenvalue weighted by Crippen LogP contribution is -1.95. The summed E-state index contributed by atoms with van der Waals surface area (Å²) >= 11 is 0. The highest BCUT2D eigenvalue weighted by Crippen LogP contribution is 2.33. The van der Waals surface area contributed by atoms with Crippen LogP contribution in [0.4, 0.5) is 0 Å². The first-order chi connectivity index (χ1) is 11.9. The molecular weight excluding hydrogens is 292 g/mol. The smallest absolute Gasteiger partial charge is 0.0710 e. The molecule has 6 aromatic rings. The molecular formula is C22H14N2. The topological polar surface area (TPSA) is 8.82 Å². The molecule has 0 spiro atoms. The molecule has 112 valence electrons. The highest BCUT2D eigenvalue weighted by atomic mass is 15.0. The average Bonchev–Trinajstić information content (AvgIpc) is 3.21. The van der Waals surface area contributed by atoms with Crippen LogP contribution in [0.5, 0.6) is 0 Å². The highest BCUT2D eigenvalue weighted by Gasteiger charge is 2.14. The lowest BCUT2D eigenvalue weighted by molar-refractivity contribution is 1.25. The van der Waals surface area contributed by atoms with Crippen LogP contribution in [0.25, 0.3) is 43.9 Å². The summed E-state index contributed by atoms with van der Waals surface area (Å²) < 4.78 is 4.78. The van der Waals surface area contributed by atoms with Gasteiger partial charge in [-0.2, -0.15) is 0 Å². The molecule has 0 bridgehead atoms. The summed E-state index contributed by atoms with van der Waals surface area (Å²) in [4.78, 5) is 0. The van der Waals surface area contributed by atoms with Crippen LogP contribution in [-0.2, 0) is 0 Å². The standard InChI is InChI=1S/C22H14N2/c1-3-9-17-15(7-1)13-21-22-14-16-8-2-4-10-18(16)24(22)20-12-6-5-11-19(20)23(17)21/h1-14H. The lowest BCUT2D eigenvalue weighted by atomic mass is 10.2. The second-order valence-corrected chi connectivity index (χ2v) is 6.34. The first kappa shape index (κ1) is 12.2. The lowest BCUT2D eigenvalue weighted by Gasteiger charge is -2.09. The summed E-state index contributed by atoms with van der Waals surface area (Å²) in [6, 6.07) is 30.5. The Labute approximate surface area is 138 Å². The zero-order chi connectivity index (χ0) is 15.7. The average molecular weight is 306 g/mol. The van der Waals surface area contributed by atoms with E-state index in [0.29, 0.717) is 0 Å². The maximum Gasteiger partial charge on any atom is 0.0710 e. The molecule has 2 heteroatoms. The van der Waals surface area contributed by atoms with Gasteiger partial charge in [-0.1, -0.05) is 48.5 Å². The number of aromatic nitrogens is 2. The summed E-state index contributed by atoms with van der Waals surface area (Å²) in [7, 11) is 0. The van der Waals surface area contributed by atoms with Gasteiger partial charge in [-0.05, 0) is 36.4 Å². The first-order valence-corrected chi connectivity index (χ1v) is 8.23. The Morgan fingerprint density at radius 2 is 0.750 bits per heavy atom. The van der Waals surface area contributed by atoms with Gasteiger partial charge in [-0.25, -0.2) is 0 Å². The van der Waals surface area contributed by atoms with Crippen molar-refractivity contribution in [3.8, 4) is 0 Å². The van der Waals surface area contributed by atoms with E-state index < -0.39 is 0 Å². The molecule has 0 aliphatic rings. The molecule has 3 aromatic carbocycles. The number of fused-ring (bicyclic) bond motifs is 10. The third-order valence-corrected chi connectivity index (χ3v) is 5.05. The minimum absolute atomic E-state index is 1.24. The van der Waals surface area contributed by atoms with Crippen molar-refractivity contribution in [2.75, 3.05) is 0 Å². The number of para-hydroxylation sites is 4. The number of nitrogens with zero attached hydrogens (tertiary/aromatic N) is 2. The maximum atomic E-state index is 2.39. The van der Waals surface area contributed by atoms with Crippen LogP contribution in [-0.4, -0.2) is 8.80 Å². The van der Waals surface area contributed by atoms with Gasteiger partial charge in [0, 0.05) is 10.8 Å². The Kier molecular flexibility index (Phi) is 2.12. The van der Waals surface area contributed by atoms with E-state index in [9.17, 15) is 0 Å². The Hall–Kier alpha value is -3.26. The monoisotopic (exact) mass is 306 g/mol. The van der Waals surface area contributed by atoms with E-state index in [2.05, 4.69) is 93.7 Å². The molecule has 2 nitrogen and oxygen atoms in total.